The monoisotopic (exact) mass is 268 g/mol. The molecule has 0 saturated heterocycles. The summed E-state index contributed by atoms with van der Waals surface area (Å²) in [6.07, 6.45) is 4.03. The molecule has 2 aromatic rings. The zero-order chi connectivity index (χ0) is 14.1. The van der Waals surface area contributed by atoms with E-state index in [-0.39, 0.29) is 11.9 Å². The Morgan fingerprint density at radius 3 is 3.00 bits per heavy atom. The summed E-state index contributed by atoms with van der Waals surface area (Å²) in [5.41, 5.74) is 5.77. The average molecular weight is 268 g/mol. The lowest BCUT2D eigenvalue weighted by Crippen LogP contribution is -2.36. The molecule has 1 aliphatic heterocycles. The zero-order valence-electron chi connectivity index (χ0n) is 11.2. The molecule has 0 saturated carbocycles. The predicted octanol–water partition coefficient (Wildman–Crippen LogP) is 1.96. The minimum atomic E-state index is -0.0576. The quantitative estimate of drug-likeness (QED) is 0.645. The van der Waals surface area contributed by atoms with Crippen LogP contribution in [0.5, 0.6) is 0 Å². The second kappa shape index (κ2) is 4.94. The number of rotatable bonds is 2. The molecular formula is C15H16N4O. The first-order chi connectivity index (χ1) is 9.72. The SMILES string of the molecule is CC1Cc2ccccc2N1C(=O)c1ccncc1NN. The first-order valence-electron chi connectivity index (χ1n) is 6.54. The highest BCUT2D eigenvalue weighted by atomic mass is 16.2. The zero-order valence-corrected chi connectivity index (χ0v) is 11.2. The van der Waals surface area contributed by atoms with Crippen molar-refractivity contribution in [3.05, 3.63) is 53.9 Å². The largest absolute Gasteiger partial charge is 0.322 e. The minimum Gasteiger partial charge on any atom is -0.322 e. The summed E-state index contributed by atoms with van der Waals surface area (Å²) in [6, 6.07) is 9.82. The third-order valence-electron chi connectivity index (χ3n) is 3.63. The number of benzene rings is 1. The van der Waals surface area contributed by atoms with E-state index >= 15 is 0 Å². The first-order valence-corrected chi connectivity index (χ1v) is 6.54. The molecule has 3 N–H and O–H groups in total. The van der Waals surface area contributed by atoms with Gasteiger partial charge in [-0.2, -0.15) is 0 Å². The van der Waals surface area contributed by atoms with Crippen LogP contribution in [0.15, 0.2) is 42.7 Å². The maximum absolute atomic E-state index is 12.8. The Labute approximate surface area is 117 Å². The predicted molar refractivity (Wildman–Crippen MR) is 78.5 cm³/mol. The Balaban J connectivity index is 2.03. The number of nitrogen functional groups attached to an aromatic ring is 1. The molecule has 1 aromatic carbocycles. The number of pyridine rings is 1. The summed E-state index contributed by atoms with van der Waals surface area (Å²) in [7, 11) is 0. The number of aromatic nitrogens is 1. The molecule has 20 heavy (non-hydrogen) atoms. The number of nitrogens with one attached hydrogen (secondary N) is 1. The van der Waals surface area contributed by atoms with Crippen molar-refractivity contribution in [3.8, 4) is 0 Å². The van der Waals surface area contributed by atoms with Crippen molar-refractivity contribution in [2.24, 2.45) is 5.84 Å². The van der Waals surface area contributed by atoms with E-state index in [0.717, 1.165) is 12.1 Å². The third kappa shape index (κ3) is 1.92. The average Bonchev–Trinajstić information content (AvgIpc) is 2.82. The molecule has 1 amide bonds. The smallest absolute Gasteiger partial charge is 0.260 e. The number of fused-ring (bicyclic) bond motifs is 1. The lowest BCUT2D eigenvalue weighted by molar-refractivity contribution is 0.0982. The van der Waals surface area contributed by atoms with E-state index in [0.29, 0.717) is 11.3 Å². The molecule has 2 heterocycles. The Morgan fingerprint density at radius 1 is 1.40 bits per heavy atom. The number of anilines is 2. The van der Waals surface area contributed by atoms with Crippen LogP contribution >= 0.6 is 0 Å². The fourth-order valence-electron chi connectivity index (χ4n) is 2.70. The van der Waals surface area contributed by atoms with Crippen molar-refractivity contribution in [1.82, 2.24) is 4.98 Å². The van der Waals surface area contributed by atoms with Crippen LogP contribution in [0.3, 0.4) is 0 Å². The number of hydrogen-bond acceptors (Lipinski definition) is 4. The molecule has 5 nitrogen and oxygen atoms in total. The lowest BCUT2D eigenvalue weighted by atomic mass is 10.1. The maximum atomic E-state index is 12.8. The second-order valence-electron chi connectivity index (χ2n) is 4.92. The van der Waals surface area contributed by atoms with Gasteiger partial charge < -0.3 is 10.3 Å². The fourth-order valence-corrected chi connectivity index (χ4v) is 2.70. The number of hydrazine groups is 1. The third-order valence-corrected chi connectivity index (χ3v) is 3.63. The van der Waals surface area contributed by atoms with Crippen LogP contribution in [-0.2, 0) is 6.42 Å². The lowest BCUT2D eigenvalue weighted by Gasteiger charge is -2.23. The molecule has 5 heteroatoms. The summed E-state index contributed by atoms with van der Waals surface area (Å²) in [5, 5.41) is 0. The van der Waals surface area contributed by atoms with Gasteiger partial charge in [0.15, 0.2) is 0 Å². The van der Waals surface area contributed by atoms with Crippen LogP contribution in [0, 0.1) is 0 Å². The molecular weight excluding hydrogens is 252 g/mol. The van der Waals surface area contributed by atoms with E-state index in [9.17, 15) is 4.79 Å². The van der Waals surface area contributed by atoms with Gasteiger partial charge in [-0.3, -0.25) is 15.6 Å². The Hall–Kier alpha value is -2.40. The van der Waals surface area contributed by atoms with Gasteiger partial charge in [-0.05, 0) is 31.0 Å². The number of amides is 1. The van der Waals surface area contributed by atoms with Gasteiger partial charge in [-0.1, -0.05) is 18.2 Å². The molecule has 0 spiro atoms. The molecule has 1 unspecified atom stereocenters. The Kier molecular flexibility index (Phi) is 3.12. The Bertz CT molecular complexity index is 656. The van der Waals surface area contributed by atoms with Gasteiger partial charge >= 0.3 is 0 Å². The van der Waals surface area contributed by atoms with Gasteiger partial charge in [0.2, 0.25) is 0 Å². The maximum Gasteiger partial charge on any atom is 0.260 e. The molecule has 0 bridgehead atoms. The Morgan fingerprint density at radius 2 is 2.20 bits per heavy atom. The van der Waals surface area contributed by atoms with Gasteiger partial charge in [-0.25, -0.2) is 0 Å². The summed E-state index contributed by atoms with van der Waals surface area (Å²) in [5.74, 6) is 5.40. The van der Waals surface area contributed by atoms with Crippen LogP contribution in [0.25, 0.3) is 0 Å². The summed E-state index contributed by atoms with van der Waals surface area (Å²) >= 11 is 0. The molecule has 102 valence electrons. The number of hydrogen-bond donors (Lipinski definition) is 2. The molecule has 1 aromatic heterocycles. The van der Waals surface area contributed by atoms with E-state index in [2.05, 4.69) is 23.4 Å². The van der Waals surface area contributed by atoms with Crippen LogP contribution in [-0.4, -0.2) is 16.9 Å². The molecule has 0 fully saturated rings. The van der Waals surface area contributed by atoms with Crippen molar-refractivity contribution in [2.75, 3.05) is 10.3 Å². The van der Waals surface area contributed by atoms with Crippen LogP contribution in [0.1, 0.15) is 22.8 Å². The fraction of sp³-hybridized carbons (Fsp3) is 0.200. The van der Waals surface area contributed by atoms with Crippen molar-refractivity contribution >= 4 is 17.3 Å². The molecule has 0 radical (unpaired) electrons. The van der Waals surface area contributed by atoms with Crippen molar-refractivity contribution in [1.29, 1.82) is 0 Å². The first kappa shape index (κ1) is 12.6. The highest BCUT2D eigenvalue weighted by Crippen LogP contribution is 2.33. The molecule has 3 rings (SSSR count). The molecule has 0 aliphatic carbocycles. The topological polar surface area (TPSA) is 71.2 Å². The normalized spacial score (nSPS) is 16.9. The highest BCUT2D eigenvalue weighted by molar-refractivity contribution is 6.10. The van der Waals surface area contributed by atoms with Crippen LogP contribution in [0.2, 0.25) is 0 Å². The van der Waals surface area contributed by atoms with E-state index in [1.165, 1.54) is 5.56 Å². The van der Waals surface area contributed by atoms with Crippen LogP contribution in [0.4, 0.5) is 11.4 Å². The van der Waals surface area contributed by atoms with Gasteiger partial charge in [0, 0.05) is 17.9 Å². The summed E-state index contributed by atoms with van der Waals surface area (Å²) in [4.78, 5) is 18.6. The number of nitrogens with zero attached hydrogens (tertiary/aromatic N) is 2. The van der Waals surface area contributed by atoms with Crippen LogP contribution < -0.4 is 16.2 Å². The van der Waals surface area contributed by atoms with Crippen molar-refractivity contribution in [2.45, 2.75) is 19.4 Å². The summed E-state index contributed by atoms with van der Waals surface area (Å²) < 4.78 is 0. The number of carbonyl (C=O) groups excluding carboxylic acids is 1. The summed E-state index contributed by atoms with van der Waals surface area (Å²) in [6.45, 7) is 2.05. The van der Waals surface area contributed by atoms with Crippen molar-refractivity contribution in [3.63, 3.8) is 0 Å². The van der Waals surface area contributed by atoms with E-state index < -0.39 is 0 Å². The highest BCUT2D eigenvalue weighted by Gasteiger charge is 2.32. The number of para-hydroxylation sites is 1. The van der Waals surface area contributed by atoms with Gasteiger partial charge in [0.05, 0.1) is 17.4 Å². The standard InChI is InChI=1S/C15H16N4O/c1-10-8-11-4-2-3-5-14(11)19(10)15(20)12-6-7-17-9-13(12)18-16/h2-7,9-10,18H,8,16H2,1H3. The second-order valence-corrected chi connectivity index (χ2v) is 4.92. The minimum absolute atomic E-state index is 0.0576. The molecule has 1 aliphatic rings. The number of nitrogens with two attached hydrogens (primary N) is 1. The molecule has 1 atom stereocenters. The number of carbonyl (C=O) groups is 1. The van der Waals surface area contributed by atoms with Gasteiger partial charge in [-0.15, -0.1) is 0 Å². The van der Waals surface area contributed by atoms with E-state index in [4.69, 9.17) is 5.84 Å². The van der Waals surface area contributed by atoms with E-state index in [1.54, 1.807) is 18.5 Å². The van der Waals surface area contributed by atoms with Crippen molar-refractivity contribution < 1.29 is 4.79 Å². The van der Waals surface area contributed by atoms with Gasteiger partial charge in [0.25, 0.3) is 5.91 Å². The van der Waals surface area contributed by atoms with Gasteiger partial charge in [0.1, 0.15) is 0 Å². The van der Waals surface area contributed by atoms with E-state index in [1.807, 2.05) is 23.1 Å².